The molecule has 0 radical (unpaired) electrons. The minimum absolute atomic E-state index is 0.305. The summed E-state index contributed by atoms with van der Waals surface area (Å²) in [4.78, 5) is 1.01. The van der Waals surface area contributed by atoms with E-state index in [9.17, 15) is 8.78 Å². The summed E-state index contributed by atoms with van der Waals surface area (Å²) < 4.78 is 29.8. The van der Waals surface area contributed by atoms with Crippen LogP contribution in [0.3, 0.4) is 0 Å². The highest BCUT2D eigenvalue weighted by Gasteiger charge is 2.20. The monoisotopic (exact) mass is 309 g/mol. The minimum atomic E-state index is -0.414. The SMILES string of the molecule is CCNC(c1cc2sccc2s1)c1cc(F)ccc1F. The molecule has 2 heterocycles. The van der Waals surface area contributed by atoms with Crippen molar-refractivity contribution >= 4 is 32.1 Å². The molecule has 1 nitrogen and oxygen atoms in total. The van der Waals surface area contributed by atoms with E-state index < -0.39 is 5.82 Å². The standard InChI is InChI=1S/C15H13F2NS2/c1-2-18-15(10-7-9(16)3-4-11(10)17)14-8-13-12(20-14)5-6-19-13/h3-8,15,18H,2H2,1H3. The van der Waals surface area contributed by atoms with Crippen LogP contribution in [0.4, 0.5) is 8.78 Å². The lowest BCUT2D eigenvalue weighted by Gasteiger charge is -2.17. The quantitative estimate of drug-likeness (QED) is 0.720. The van der Waals surface area contributed by atoms with E-state index in [1.807, 2.05) is 12.3 Å². The van der Waals surface area contributed by atoms with Crippen LogP contribution in [0, 0.1) is 11.6 Å². The van der Waals surface area contributed by atoms with Crippen molar-refractivity contribution in [2.75, 3.05) is 6.54 Å². The third kappa shape index (κ3) is 2.49. The second-order valence-corrected chi connectivity index (χ2v) is 6.52. The molecule has 0 fully saturated rings. The fourth-order valence-electron chi connectivity index (χ4n) is 2.23. The van der Waals surface area contributed by atoms with E-state index >= 15 is 0 Å². The van der Waals surface area contributed by atoms with Gasteiger partial charge in [-0.3, -0.25) is 0 Å². The topological polar surface area (TPSA) is 12.0 Å². The summed E-state index contributed by atoms with van der Waals surface area (Å²) in [6.07, 6.45) is 0. The summed E-state index contributed by atoms with van der Waals surface area (Å²) in [7, 11) is 0. The Kier molecular flexibility index (Phi) is 3.83. The van der Waals surface area contributed by atoms with Crippen molar-refractivity contribution in [1.29, 1.82) is 0 Å². The molecule has 0 saturated carbocycles. The van der Waals surface area contributed by atoms with Crippen LogP contribution in [0.15, 0.2) is 35.7 Å². The van der Waals surface area contributed by atoms with E-state index in [1.165, 1.54) is 21.5 Å². The van der Waals surface area contributed by atoms with Gasteiger partial charge < -0.3 is 5.32 Å². The maximum Gasteiger partial charge on any atom is 0.128 e. The van der Waals surface area contributed by atoms with Crippen LogP contribution in [0.5, 0.6) is 0 Å². The van der Waals surface area contributed by atoms with Crippen molar-refractivity contribution in [2.24, 2.45) is 0 Å². The van der Waals surface area contributed by atoms with E-state index in [-0.39, 0.29) is 11.9 Å². The van der Waals surface area contributed by atoms with Crippen LogP contribution in [-0.2, 0) is 0 Å². The molecule has 1 N–H and O–H groups in total. The number of hydrogen-bond donors (Lipinski definition) is 1. The highest BCUT2D eigenvalue weighted by molar-refractivity contribution is 7.27. The van der Waals surface area contributed by atoms with Gasteiger partial charge in [0.05, 0.1) is 6.04 Å². The number of halogens is 2. The second kappa shape index (κ2) is 5.60. The smallest absolute Gasteiger partial charge is 0.128 e. The molecule has 20 heavy (non-hydrogen) atoms. The molecule has 0 aliphatic rings. The minimum Gasteiger partial charge on any atom is -0.306 e. The Morgan fingerprint density at radius 1 is 1.15 bits per heavy atom. The van der Waals surface area contributed by atoms with Crippen molar-refractivity contribution in [3.8, 4) is 0 Å². The molecule has 2 aromatic heterocycles. The first kappa shape index (κ1) is 13.7. The highest BCUT2D eigenvalue weighted by atomic mass is 32.1. The Morgan fingerprint density at radius 2 is 2.00 bits per heavy atom. The Morgan fingerprint density at radius 3 is 2.75 bits per heavy atom. The van der Waals surface area contributed by atoms with Crippen molar-refractivity contribution in [1.82, 2.24) is 5.32 Å². The van der Waals surface area contributed by atoms with Gasteiger partial charge in [0.2, 0.25) is 0 Å². The van der Waals surface area contributed by atoms with Gasteiger partial charge in [-0.25, -0.2) is 8.78 Å². The summed E-state index contributed by atoms with van der Waals surface area (Å²) in [5, 5.41) is 5.28. The fourth-order valence-corrected chi connectivity index (χ4v) is 4.44. The van der Waals surface area contributed by atoms with Crippen LogP contribution >= 0.6 is 22.7 Å². The number of nitrogens with one attached hydrogen (secondary N) is 1. The average molecular weight is 309 g/mol. The van der Waals surface area contributed by atoms with E-state index in [2.05, 4.69) is 17.4 Å². The van der Waals surface area contributed by atoms with Crippen LogP contribution in [0.1, 0.15) is 23.4 Å². The predicted molar refractivity (Wildman–Crippen MR) is 81.6 cm³/mol. The van der Waals surface area contributed by atoms with Crippen LogP contribution in [0.2, 0.25) is 0 Å². The molecule has 104 valence electrons. The Bertz CT molecular complexity index is 704. The summed E-state index contributed by atoms with van der Waals surface area (Å²) in [5.41, 5.74) is 0.362. The summed E-state index contributed by atoms with van der Waals surface area (Å²) in [6.45, 7) is 2.65. The molecule has 3 aromatic rings. The number of benzene rings is 1. The highest BCUT2D eigenvalue weighted by Crippen LogP contribution is 2.36. The van der Waals surface area contributed by atoms with Gasteiger partial charge in [-0.05, 0) is 42.3 Å². The van der Waals surface area contributed by atoms with E-state index in [1.54, 1.807) is 22.7 Å². The molecule has 0 aliphatic heterocycles. The normalized spacial score (nSPS) is 12.9. The van der Waals surface area contributed by atoms with Crippen molar-refractivity contribution in [2.45, 2.75) is 13.0 Å². The number of fused-ring (bicyclic) bond motifs is 1. The van der Waals surface area contributed by atoms with Crippen LogP contribution < -0.4 is 5.32 Å². The number of thiophene rings is 2. The lowest BCUT2D eigenvalue weighted by Crippen LogP contribution is -2.22. The van der Waals surface area contributed by atoms with Gasteiger partial charge in [-0.2, -0.15) is 0 Å². The molecule has 5 heteroatoms. The molecule has 1 unspecified atom stereocenters. The molecular weight excluding hydrogens is 296 g/mol. The number of rotatable bonds is 4. The third-order valence-corrected chi connectivity index (χ3v) is 5.28. The number of hydrogen-bond acceptors (Lipinski definition) is 3. The molecule has 1 atom stereocenters. The van der Waals surface area contributed by atoms with Crippen LogP contribution in [0.25, 0.3) is 9.40 Å². The summed E-state index contributed by atoms with van der Waals surface area (Å²) in [6, 6.07) is 7.41. The lowest BCUT2D eigenvalue weighted by molar-refractivity contribution is 0.548. The lowest BCUT2D eigenvalue weighted by atomic mass is 10.0. The molecule has 0 bridgehead atoms. The zero-order valence-corrected chi connectivity index (χ0v) is 12.5. The molecular formula is C15H13F2NS2. The molecule has 0 aliphatic carbocycles. The van der Waals surface area contributed by atoms with Gasteiger partial charge in [-0.15, -0.1) is 22.7 Å². The zero-order chi connectivity index (χ0) is 14.1. The van der Waals surface area contributed by atoms with Gasteiger partial charge in [0.1, 0.15) is 11.6 Å². The van der Waals surface area contributed by atoms with E-state index in [4.69, 9.17) is 0 Å². The molecule has 0 spiro atoms. The maximum absolute atomic E-state index is 14.0. The van der Waals surface area contributed by atoms with Crippen molar-refractivity contribution in [3.63, 3.8) is 0 Å². The molecule has 3 rings (SSSR count). The van der Waals surface area contributed by atoms with E-state index in [0.717, 1.165) is 10.9 Å². The van der Waals surface area contributed by atoms with E-state index in [0.29, 0.717) is 12.1 Å². The van der Waals surface area contributed by atoms with Gasteiger partial charge in [-0.1, -0.05) is 6.92 Å². The molecule has 0 saturated heterocycles. The first-order valence-corrected chi connectivity index (χ1v) is 8.04. The Balaban J connectivity index is 2.08. The van der Waals surface area contributed by atoms with Crippen molar-refractivity contribution in [3.05, 3.63) is 57.8 Å². The Labute approximate surface area is 123 Å². The summed E-state index contributed by atoms with van der Waals surface area (Å²) >= 11 is 3.28. The first-order valence-electron chi connectivity index (χ1n) is 6.34. The maximum atomic E-state index is 14.0. The second-order valence-electron chi connectivity index (χ2n) is 4.45. The van der Waals surface area contributed by atoms with Crippen molar-refractivity contribution < 1.29 is 8.78 Å². The third-order valence-electron chi connectivity index (χ3n) is 3.12. The summed E-state index contributed by atoms with van der Waals surface area (Å²) in [5.74, 6) is -0.795. The van der Waals surface area contributed by atoms with Gasteiger partial charge in [0.25, 0.3) is 0 Å². The van der Waals surface area contributed by atoms with Crippen LogP contribution in [-0.4, -0.2) is 6.54 Å². The zero-order valence-electron chi connectivity index (χ0n) is 10.8. The predicted octanol–water partition coefficient (Wildman–Crippen LogP) is 4.94. The Hall–Kier alpha value is -1.30. The molecule has 0 amide bonds. The van der Waals surface area contributed by atoms with Gasteiger partial charge in [0, 0.05) is 19.8 Å². The first-order chi connectivity index (χ1) is 9.69. The largest absolute Gasteiger partial charge is 0.306 e. The fraction of sp³-hybridized carbons (Fsp3) is 0.200. The average Bonchev–Trinajstić information content (AvgIpc) is 3.00. The van der Waals surface area contributed by atoms with Gasteiger partial charge in [0.15, 0.2) is 0 Å². The molecule has 1 aromatic carbocycles. The van der Waals surface area contributed by atoms with Gasteiger partial charge >= 0.3 is 0 Å².